The maximum atomic E-state index is 6.10. The normalized spacial score (nSPS) is 20.2. The fourth-order valence-corrected chi connectivity index (χ4v) is 4.53. The molecule has 0 spiro atoms. The fraction of sp³-hybridized carbons (Fsp3) is 0.400. The zero-order valence-electron chi connectivity index (χ0n) is 21.1. The van der Waals surface area contributed by atoms with Crippen LogP contribution in [0.2, 0.25) is 0 Å². The van der Waals surface area contributed by atoms with E-state index >= 15 is 0 Å². The third-order valence-electron chi connectivity index (χ3n) is 6.72. The molecule has 3 aromatic rings. The highest BCUT2D eigenvalue weighted by atomic mass is 16.7. The molecule has 0 saturated carbocycles. The van der Waals surface area contributed by atoms with E-state index in [1.54, 1.807) is 7.11 Å². The molecule has 3 atom stereocenters. The molecule has 0 amide bonds. The van der Waals surface area contributed by atoms with Gasteiger partial charge in [0.1, 0.15) is 5.75 Å². The first-order valence-corrected chi connectivity index (χ1v) is 12.4. The lowest BCUT2D eigenvalue weighted by atomic mass is 10.1. The highest BCUT2D eigenvalue weighted by molar-refractivity contribution is 5.77. The van der Waals surface area contributed by atoms with E-state index in [-0.39, 0.29) is 12.4 Å². The van der Waals surface area contributed by atoms with Gasteiger partial charge in [-0.2, -0.15) is 0 Å². The summed E-state index contributed by atoms with van der Waals surface area (Å²) >= 11 is 0. The van der Waals surface area contributed by atoms with Crippen LogP contribution in [0, 0.1) is 13.8 Å². The summed E-state index contributed by atoms with van der Waals surface area (Å²) in [6.07, 6.45) is 4.30. The van der Waals surface area contributed by atoms with Crippen molar-refractivity contribution < 1.29 is 14.2 Å². The molecule has 0 radical (unpaired) electrons. The van der Waals surface area contributed by atoms with E-state index in [9.17, 15) is 0 Å². The molecule has 0 aliphatic carbocycles. The van der Waals surface area contributed by atoms with Crippen LogP contribution in [0.1, 0.15) is 49.8 Å². The van der Waals surface area contributed by atoms with Gasteiger partial charge < -0.3 is 19.1 Å². The smallest absolute Gasteiger partial charge is 0.158 e. The minimum absolute atomic E-state index is 0.111. The number of aryl methyl sites for hydroxylation is 3. The molecule has 1 aliphatic heterocycles. The van der Waals surface area contributed by atoms with Crippen LogP contribution in [-0.4, -0.2) is 25.6 Å². The number of ether oxygens (including phenoxy) is 3. The number of hydrogen-bond donors (Lipinski definition) is 0. The molecule has 0 aromatic heterocycles. The zero-order chi connectivity index (χ0) is 24.1. The molecule has 4 heteroatoms. The second-order valence-electron chi connectivity index (χ2n) is 9.29. The Kier molecular flexibility index (Phi) is 7.91. The van der Waals surface area contributed by atoms with Crippen LogP contribution in [0.4, 0.5) is 17.1 Å². The summed E-state index contributed by atoms with van der Waals surface area (Å²) in [5.41, 5.74) is 7.23. The van der Waals surface area contributed by atoms with Gasteiger partial charge >= 0.3 is 0 Å². The molecule has 4 rings (SSSR count). The number of anilines is 3. The average molecular weight is 460 g/mol. The van der Waals surface area contributed by atoms with Crippen LogP contribution in [0.15, 0.2) is 66.7 Å². The minimum atomic E-state index is -0.111. The molecule has 1 aliphatic rings. The molecule has 34 heavy (non-hydrogen) atoms. The lowest BCUT2D eigenvalue weighted by Gasteiger charge is -2.34. The van der Waals surface area contributed by atoms with E-state index < -0.39 is 0 Å². The van der Waals surface area contributed by atoms with Crippen LogP contribution in [0.3, 0.4) is 0 Å². The highest BCUT2D eigenvalue weighted by Crippen LogP contribution is 2.36. The Labute approximate surface area is 204 Å². The van der Waals surface area contributed by atoms with Gasteiger partial charge in [0.2, 0.25) is 0 Å². The standard InChI is InChI=1S/C30H37NO3/c1-6-28-20-23(4)33-30(34-28)18-10-24-8-12-25(13-9-24)31(26-14-16-29(32-5)17-15-26)27-11-7-21(2)22(3)19-27/h7-9,11-17,19,23,28,30H,6,10,18,20H2,1-5H3. The first kappa shape index (κ1) is 24.3. The van der Waals surface area contributed by atoms with Gasteiger partial charge in [0.05, 0.1) is 19.3 Å². The van der Waals surface area contributed by atoms with Crippen molar-refractivity contribution in [2.45, 2.75) is 71.9 Å². The van der Waals surface area contributed by atoms with Gasteiger partial charge in [-0.05, 0) is 105 Å². The van der Waals surface area contributed by atoms with Gasteiger partial charge in [-0.25, -0.2) is 0 Å². The maximum Gasteiger partial charge on any atom is 0.158 e. The molecule has 1 heterocycles. The van der Waals surface area contributed by atoms with Crippen molar-refractivity contribution in [1.82, 2.24) is 0 Å². The topological polar surface area (TPSA) is 30.9 Å². The van der Waals surface area contributed by atoms with Gasteiger partial charge in [-0.15, -0.1) is 0 Å². The molecular weight excluding hydrogens is 422 g/mol. The average Bonchev–Trinajstić information content (AvgIpc) is 2.86. The summed E-state index contributed by atoms with van der Waals surface area (Å²) < 4.78 is 17.5. The Hall–Kier alpha value is -2.82. The van der Waals surface area contributed by atoms with Crippen molar-refractivity contribution in [3.8, 4) is 5.75 Å². The van der Waals surface area contributed by atoms with E-state index in [2.05, 4.69) is 87.2 Å². The van der Waals surface area contributed by atoms with Crippen molar-refractivity contribution in [3.05, 3.63) is 83.4 Å². The zero-order valence-corrected chi connectivity index (χ0v) is 21.1. The molecule has 1 fully saturated rings. The SMILES string of the molecule is CCC1CC(C)OC(CCc2ccc(N(c3ccc(OC)cc3)c3ccc(C)c(C)c3)cc2)O1. The highest BCUT2D eigenvalue weighted by Gasteiger charge is 2.26. The van der Waals surface area contributed by atoms with Crippen molar-refractivity contribution in [2.24, 2.45) is 0 Å². The second-order valence-corrected chi connectivity index (χ2v) is 9.29. The van der Waals surface area contributed by atoms with Gasteiger partial charge in [-0.1, -0.05) is 25.1 Å². The summed E-state index contributed by atoms with van der Waals surface area (Å²) in [6, 6.07) is 23.7. The van der Waals surface area contributed by atoms with Crippen molar-refractivity contribution in [2.75, 3.05) is 12.0 Å². The molecular formula is C30H37NO3. The summed E-state index contributed by atoms with van der Waals surface area (Å²) in [5.74, 6) is 0.853. The molecule has 3 aromatic carbocycles. The van der Waals surface area contributed by atoms with Gasteiger partial charge in [0.25, 0.3) is 0 Å². The predicted molar refractivity (Wildman–Crippen MR) is 140 cm³/mol. The predicted octanol–water partition coefficient (Wildman–Crippen LogP) is 7.64. The monoisotopic (exact) mass is 459 g/mol. The van der Waals surface area contributed by atoms with E-state index in [1.807, 2.05) is 12.1 Å². The van der Waals surface area contributed by atoms with Gasteiger partial charge in [0.15, 0.2) is 6.29 Å². The number of nitrogens with zero attached hydrogens (tertiary/aromatic N) is 1. The number of benzene rings is 3. The van der Waals surface area contributed by atoms with Gasteiger partial charge in [0, 0.05) is 23.5 Å². The molecule has 0 N–H and O–H groups in total. The van der Waals surface area contributed by atoms with Crippen LogP contribution >= 0.6 is 0 Å². The van der Waals surface area contributed by atoms with Crippen molar-refractivity contribution in [3.63, 3.8) is 0 Å². The maximum absolute atomic E-state index is 6.10. The van der Waals surface area contributed by atoms with E-state index in [0.717, 1.165) is 48.5 Å². The Balaban J connectivity index is 1.54. The van der Waals surface area contributed by atoms with Crippen LogP contribution in [-0.2, 0) is 15.9 Å². The second kappa shape index (κ2) is 11.1. The molecule has 3 unspecified atom stereocenters. The third kappa shape index (κ3) is 5.81. The number of methoxy groups -OCH3 is 1. The molecule has 4 nitrogen and oxygen atoms in total. The summed E-state index contributed by atoms with van der Waals surface area (Å²) in [4.78, 5) is 2.29. The first-order chi connectivity index (χ1) is 16.5. The van der Waals surface area contributed by atoms with E-state index in [4.69, 9.17) is 14.2 Å². The quantitative estimate of drug-likeness (QED) is 0.346. The summed E-state index contributed by atoms with van der Waals surface area (Å²) in [6.45, 7) is 8.64. The Morgan fingerprint density at radius 2 is 1.50 bits per heavy atom. The van der Waals surface area contributed by atoms with Crippen LogP contribution < -0.4 is 9.64 Å². The van der Waals surface area contributed by atoms with Crippen molar-refractivity contribution >= 4 is 17.1 Å². The summed E-state index contributed by atoms with van der Waals surface area (Å²) in [5, 5.41) is 0. The number of hydrogen-bond acceptors (Lipinski definition) is 4. The number of rotatable bonds is 8. The van der Waals surface area contributed by atoms with Gasteiger partial charge in [-0.3, -0.25) is 0 Å². The van der Waals surface area contributed by atoms with E-state index in [0.29, 0.717) is 6.10 Å². The Morgan fingerprint density at radius 3 is 2.12 bits per heavy atom. The fourth-order valence-electron chi connectivity index (χ4n) is 4.53. The minimum Gasteiger partial charge on any atom is -0.497 e. The molecule has 1 saturated heterocycles. The third-order valence-corrected chi connectivity index (χ3v) is 6.72. The molecule has 0 bridgehead atoms. The Bertz CT molecular complexity index is 1060. The lowest BCUT2D eigenvalue weighted by molar-refractivity contribution is -0.240. The van der Waals surface area contributed by atoms with E-state index in [1.165, 1.54) is 16.7 Å². The summed E-state index contributed by atoms with van der Waals surface area (Å²) in [7, 11) is 1.70. The first-order valence-electron chi connectivity index (χ1n) is 12.4. The largest absolute Gasteiger partial charge is 0.497 e. The lowest BCUT2D eigenvalue weighted by Crippen LogP contribution is -2.36. The Morgan fingerprint density at radius 1 is 0.853 bits per heavy atom. The molecule has 180 valence electrons. The van der Waals surface area contributed by atoms with Crippen molar-refractivity contribution in [1.29, 1.82) is 0 Å². The van der Waals surface area contributed by atoms with Crippen LogP contribution in [0.25, 0.3) is 0 Å². The van der Waals surface area contributed by atoms with Crippen LogP contribution in [0.5, 0.6) is 5.75 Å².